The van der Waals surface area contributed by atoms with Crippen molar-refractivity contribution < 1.29 is 13.8 Å². The van der Waals surface area contributed by atoms with Gasteiger partial charge >= 0.3 is 0 Å². The third-order valence-corrected chi connectivity index (χ3v) is 6.71. The van der Waals surface area contributed by atoms with Crippen molar-refractivity contribution in [2.24, 2.45) is 0 Å². The van der Waals surface area contributed by atoms with Crippen LogP contribution in [0.15, 0.2) is 60.7 Å². The summed E-state index contributed by atoms with van der Waals surface area (Å²) in [4.78, 5) is 23.2. The second-order valence-corrected chi connectivity index (χ2v) is 9.53. The third kappa shape index (κ3) is 6.80. The lowest BCUT2D eigenvalue weighted by molar-refractivity contribution is -0.105. The smallest absolute Gasteiger partial charge is 0.255 e. The molecule has 1 heterocycles. The molecule has 4 rings (SSSR count). The van der Waals surface area contributed by atoms with Crippen LogP contribution in [0.25, 0.3) is 0 Å². The zero-order valence-corrected chi connectivity index (χ0v) is 20.9. The predicted molar refractivity (Wildman–Crippen MR) is 140 cm³/mol. The summed E-state index contributed by atoms with van der Waals surface area (Å²) in [6.45, 7) is 5.15. The summed E-state index contributed by atoms with van der Waals surface area (Å²) < 4.78 is 16.5. The number of nitrogens with one attached hydrogen (secondary N) is 3. The average Bonchev–Trinajstić information content (AvgIpc) is 3.22. The number of carbonyl (C=O) groups is 2. The molecule has 3 N–H and O–H groups in total. The number of carbonyl (C=O) groups excluding carboxylic acids is 2. The Hall–Kier alpha value is -2.91. The largest absolute Gasteiger partial charge is 0.327 e. The molecule has 1 saturated heterocycles. The number of benzene rings is 3. The molecular formula is C24H24Cl2N4O3S. The van der Waals surface area contributed by atoms with Crippen LogP contribution in [0.3, 0.4) is 0 Å². The van der Waals surface area contributed by atoms with Gasteiger partial charge in [-0.25, -0.2) is 8.93 Å². The fourth-order valence-electron chi connectivity index (χ4n) is 3.26. The van der Waals surface area contributed by atoms with Gasteiger partial charge in [0, 0.05) is 29.4 Å². The molecular weight excluding hydrogens is 495 g/mol. The molecule has 0 bridgehead atoms. The van der Waals surface area contributed by atoms with Gasteiger partial charge in [0.1, 0.15) is 0 Å². The van der Waals surface area contributed by atoms with Gasteiger partial charge in [-0.3, -0.25) is 13.9 Å². The molecule has 3 aromatic carbocycles. The number of aryl methyl sites for hydroxylation is 2. The Balaban J connectivity index is 0.000000343. The molecule has 34 heavy (non-hydrogen) atoms. The number of anilines is 3. The standard InChI is InChI=1S/C17H17ClN4O3S.C7H7Cl/c1-11-8-13(22-7-6-20-26(22)25)3-4-14(11)17(24)21-12-2-5-15(18)16(9-12)19-10-23;1-6-3-2-4-7(8)5-6/h2-5,8-10,20H,6-7H2,1H3,(H,19,23)(H,21,24);2-5H,1H3. The molecule has 1 unspecified atom stereocenters. The Labute approximate surface area is 211 Å². The fraction of sp³-hybridized carbons (Fsp3) is 0.167. The first-order valence-electron chi connectivity index (χ1n) is 10.4. The number of hydrogen-bond acceptors (Lipinski definition) is 3. The van der Waals surface area contributed by atoms with Crippen LogP contribution in [0.1, 0.15) is 21.5 Å². The quantitative estimate of drug-likeness (QED) is 0.410. The maximum atomic E-state index is 12.6. The molecule has 2 amide bonds. The maximum Gasteiger partial charge on any atom is 0.255 e. The number of rotatable bonds is 5. The lowest BCUT2D eigenvalue weighted by atomic mass is 10.1. The first kappa shape index (κ1) is 25.7. The van der Waals surface area contributed by atoms with Crippen molar-refractivity contribution in [3.05, 3.63) is 87.4 Å². The van der Waals surface area contributed by atoms with Crippen molar-refractivity contribution >= 4 is 63.8 Å². The van der Waals surface area contributed by atoms with E-state index in [0.717, 1.165) is 16.3 Å². The summed E-state index contributed by atoms with van der Waals surface area (Å²) in [6, 6.07) is 17.9. The molecule has 0 saturated carbocycles. The number of hydrogen-bond donors (Lipinski definition) is 3. The fourth-order valence-corrected chi connectivity index (χ4v) is 4.66. The molecule has 1 atom stereocenters. The first-order valence-corrected chi connectivity index (χ1v) is 12.2. The Bertz CT molecular complexity index is 1210. The summed E-state index contributed by atoms with van der Waals surface area (Å²) in [6.07, 6.45) is 0.521. The van der Waals surface area contributed by atoms with E-state index in [1.807, 2.05) is 44.2 Å². The molecule has 0 aromatic heterocycles. The van der Waals surface area contributed by atoms with Gasteiger partial charge in [-0.05, 0) is 73.5 Å². The third-order valence-electron chi connectivity index (χ3n) is 4.90. The van der Waals surface area contributed by atoms with Crippen LogP contribution in [0.2, 0.25) is 10.0 Å². The molecule has 178 valence electrons. The highest BCUT2D eigenvalue weighted by Gasteiger charge is 2.21. The Morgan fingerprint density at radius 3 is 2.47 bits per heavy atom. The average molecular weight is 519 g/mol. The van der Waals surface area contributed by atoms with E-state index in [1.165, 1.54) is 5.56 Å². The van der Waals surface area contributed by atoms with Gasteiger partial charge in [0.25, 0.3) is 5.91 Å². The monoisotopic (exact) mass is 518 g/mol. The minimum atomic E-state index is -1.24. The van der Waals surface area contributed by atoms with Crippen LogP contribution < -0.4 is 19.7 Å². The first-order chi connectivity index (χ1) is 16.3. The van der Waals surface area contributed by atoms with E-state index < -0.39 is 11.2 Å². The molecule has 7 nitrogen and oxygen atoms in total. The van der Waals surface area contributed by atoms with Crippen LogP contribution in [-0.2, 0) is 16.0 Å². The van der Waals surface area contributed by atoms with Crippen LogP contribution >= 0.6 is 23.2 Å². The Morgan fingerprint density at radius 1 is 1.09 bits per heavy atom. The highest BCUT2D eigenvalue weighted by molar-refractivity contribution is 7.84. The van der Waals surface area contributed by atoms with E-state index in [9.17, 15) is 13.8 Å². The molecule has 10 heteroatoms. The summed E-state index contributed by atoms with van der Waals surface area (Å²) in [5.74, 6) is -0.283. The van der Waals surface area contributed by atoms with Crippen molar-refractivity contribution in [3.8, 4) is 0 Å². The topological polar surface area (TPSA) is 90.5 Å². The van der Waals surface area contributed by atoms with Crippen molar-refractivity contribution in [2.75, 3.05) is 28.0 Å². The molecule has 1 fully saturated rings. The van der Waals surface area contributed by atoms with Gasteiger partial charge < -0.3 is 10.6 Å². The zero-order chi connectivity index (χ0) is 24.7. The molecule has 3 aromatic rings. The molecule has 0 aliphatic carbocycles. The lowest BCUT2D eigenvalue weighted by Gasteiger charge is -2.17. The van der Waals surface area contributed by atoms with Crippen LogP contribution in [0.4, 0.5) is 17.1 Å². The second-order valence-electron chi connectivity index (χ2n) is 7.45. The summed E-state index contributed by atoms with van der Waals surface area (Å²) in [5.41, 5.74) is 4.20. The predicted octanol–water partition coefficient (Wildman–Crippen LogP) is 5.11. The molecule has 0 spiro atoms. The van der Waals surface area contributed by atoms with Gasteiger partial charge in [-0.15, -0.1) is 0 Å². The highest BCUT2D eigenvalue weighted by Crippen LogP contribution is 2.26. The van der Waals surface area contributed by atoms with E-state index in [2.05, 4.69) is 15.4 Å². The molecule has 1 aliphatic heterocycles. The van der Waals surface area contributed by atoms with E-state index in [-0.39, 0.29) is 5.91 Å². The van der Waals surface area contributed by atoms with Crippen LogP contribution in [0.5, 0.6) is 0 Å². The van der Waals surface area contributed by atoms with Gasteiger partial charge in [0.2, 0.25) is 6.41 Å². The minimum absolute atomic E-state index is 0.283. The molecule has 1 aliphatic rings. The van der Waals surface area contributed by atoms with Crippen LogP contribution in [0, 0.1) is 13.8 Å². The van der Waals surface area contributed by atoms with E-state index in [0.29, 0.717) is 41.5 Å². The lowest BCUT2D eigenvalue weighted by Crippen LogP contribution is -2.23. The maximum absolute atomic E-state index is 12.6. The van der Waals surface area contributed by atoms with Gasteiger partial charge in [0.15, 0.2) is 11.2 Å². The Kier molecular flexibility index (Phi) is 9.06. The van der Waals surface area contributed by atoms with Crippen molar-refractivity contribution in [1.29, 1.82) is 0 Å². The number of halogens is 2. The highest BCUT2D eigenvalue weighted by atomic mass is 35.5. The van der Waals surface area contributed by atoms with Crippen molar-refractivity contribution in [3.63, 3.8) is 0 Å². The van der Waals surface area contributed by atoms with E-state index in [1.54, 1.807) is 34.6 Å². The zero-order valence-electron chi connectivity index (χ0n) is 18.6. The van der Waals surface area contributed by atoms with Crippen molar-refractivity contribution in [2.45, 2.75) is 13.8 Å². The van der Waals surface area contributed by atoms with Gasteiger partial charge in [0.05, 0.1) is 16.4 Å². The second kappa shape index (κ2) is 12.0. The van der Waals surface area contributed by atoms with E-state index >= 15 is 0 Å². The number of amides is 2. The Morgan fingerprint density at radius 2 is 1.88 bits per heavy atom. The molecule has 0 radical (unpaired) electrons. The summed E-state index contributed by atoms with van der Waals surface area (Å²) in [7, 11) is 0. The normalized spacial score (nSPS) is 14.7. The van der Waals surface area contributed by atoms with Crippen molar-refractivity contribution in [1.82, 2.24) is 4.72 Å². The van der Waals surface area contributed by atoms with Gasteiger partial charge in [-0.2, -0.15) is 0 Å². The minimum Gasteiger partial charge on any atom is -0.327 e. The van der Waals surface area contributed by atoms with E-state index in [4.69, 9.17) is 23.2 Å². The van der Waals surface area contributed by atoms with Crippen LogP contribution in [-0.4, -0.2) is 29.6 Å². The van der Waals surface area contributed by atoms with Gasteiger partial charge in [-0.1, -0.05) is 35.3 Å². The number of nitrogens with zero attached hydrogens (tertiary/aromatic N) is 1. The SMILES string of the molecule is Cc1cc(N2CCNS2=O)ccc1C(=O)Nc1ccc(Cl)c(NC=O)c1.Cc1cccc(Cl)c1. The summed E-state index contributed by atoms with van der Waals surface area (Å²) >= 11 is 10.4. The summed E-state index contributed by atoms with van der Waals surface area (Å²) in [5, 5.41) is 6.45.